The van der Waals surface area contributed by atoms with Crippen molar-refractivity contribution in [2.24, 2.45) is 5.41 Å². The van der Waals surface area contributed by atoms with E-state index in [9.17, 15) is 4.79 Å². The van der Waals surface area contributed by atoms with Crippen molar-refractivity contribution in [3.63, 3.8) is 0 Å². The highest BCUT2D eigenvalue weighted by molar-refractivity contribution is 5.76. The van der Waals surface area contributed by atoms with Gasteiger partial charge < -0.3 is 15.2 Å². The molecule has 0 saturated carbocycles. The van der Waals surface area contributed by atoms with Crippen LogP contribution in [0.2, 0.25) is 0 Å². The Morgan fingerprint density at radius 2 is 1.90 bits per heavy atom. The number of carbonyl (C=O) groups excluding carboxylic acids is 1. The summed E-state index contributed by atoms with van der Waals surface area (Å²) < 4.78 is 5.63. The summed E-state index contributed by atoms with van der Waals surface area (Å²) in [6.07, 6.45) is 0.245. The average molecular weight is 293 g/mol. The van der Waals surface area contributed by atoms with Gasteiger partial charge in [0.05, 0.1) is 19.3 Å². The molecule has 0 bridgehead atoms. The summed E-state index contributed by atoms with van der Waals surface area (Å²) in [7, 11) is 0. The molecule has 1 rings (SSSR count). The molecule has 1 amide bonds. The lowest BCUT2D eigenvalue weighted by Crippen LogP contribution is -2.32. The molecule has 21 heavy (non-hydrogen) atoms. The van der Waals surface area contributed by atoms with Gasteiger partial charge in [0.25, 0.3) is 0 Å². The number of benzene rings is 1. The van der Waals surface area contributed by atoms with Crippen LogP contribution in [0.1, 0.15) is 44.4 Å². The molecule has 0 aliphatic heterocycles. The molecule has 0 fully saturated rings. The van der Waals surface area contributed by atoms with E-state index in [1.807, 2.05) is 52.0 Å². The Labute approximate surface area is 127 Å². The molecule has 1 aromatic carbocycles. The Morgan fingerprint density at radius 1 is 1.29 bits per heavy atom. The number of carbonyl (C=O) groups is 1. The van der Waals surface area contributed by atoms with Gasteiger partial charge in [0, 0.05) is 13.0 Å². The van der Waals surface area contributed by atoms with Crippen molar-refractivity contribution in [2.75, 3.05) is 19.8 Å². The molecule has 0 aliphatic carbocycles. The van der Waals surface area contributed by atoms with Crippen LogP contribution >= 0.6 is 0 Å². The van der Waals surface area contributed by atoms with Gasteiger partial charge in [-0.2, -0.15) is 0 Å². The van der Waals surface area contributed by atoms with Crippen LogP contribution in [-0.4, -0.2) is 30.8 Å². The standard InChI is InChI=1S/C17H27NO3/c1-13-5-7-14(8-6-13)15(21-10-9-19)12-18-16(20)11-17(2,3)4/h5-8,15,19H,9-12H2,1-4H3,(H,18,20). The summed E-state index contributed by atoms with van der Waals surface area (Å²) in [5, 5.41) is 11.8. The third-order valence-corrected chi connectivity index (χ3v) is 3.03. The van der Waals surface area contributed by atoms with E-state index in [0.29, 0.717) is 13.0 Å². The van der Waals surface area contributed by atoms with E-state index in [1.165, 1.54) is 5.56 Å². The number of aryl methyl sites for hydroxylation is 1. The normalized spacial score (nSPS) is 13.0. The third-order valence-electron chi connectivity index (χ3n) is 3.03. The Bertz CT molecular complexity index is 434. The number of rotatable bonds is 7. The minimum atomic E-state index is -0.235. The zero-order chi connectivity index (χ0) is 15.9. The number of ether oxygens (including phenoxy) is 1. The average Bonchev–Trinajstić information content (AvgIpc) is 2.38. The van der Waals surface area contributed by atoms with Crippen molar-refractivity contribution in [2.45, 2.75) is 40.2 Å². The summed E-state index contributed by atoms with van der Waals surface area (Å²) in [5.41, 5.74) is 2.15. The predicted octanol–water partition coefficient (Wildman–Crippen LogP) is 2.60. The molecule has 2 N–H and O–H groups in total. The zero-order valence-corrected chi connectivity index (χ0v) is 13.5. The maximum Gasteiger partial charge on any atom is 0.220 e. The zero-order valence-electron chi connectivity index (χ0n) is 13.5. The third kappa shape index (κ3) is 7.25. The SMILES string of the molecule is Cc1ccc(C(CNC(=O)CC(C)(C)C)OCCO)cc1. The molecule has 0 heterocycles. The van der Waals surface area contributed by atoms with Crippen LogP contribution < -0.4 is 5.32 Å². The van der Waals surface area contributed by atoms with Crippen LogP contribution in [0, 0.1) is 12.3 Å². The van der Waals surface area contributed by atoms with Crippen LogP contribution in [0.3, 0.4) is 0 Å². The van der Waals surface area contributed by atoms with Crippen molar-refractivity contribution < 1.29 is 14.6 Å². The van der Waals surface area contributed by atoms with Gasteiger partial charge in [-0.15, -0.1) is 0 Å². The summed E-state index contributed by atoms with van der Waals surface area (Å²) in [6, 6.07) is 8.02. The molecule has 4 nitrogen and oxygen atoms in total. The van der Waals surface area contributed by atoms with E-state index in [1.54, 1.807) is 0 Å². The van der Waals surface area contributed by atoms with Gasteiger partial charge >= 0.3 is 0 Å². The van der Waals surface area contributed by atoms with Gasteiger partial charge in [0.2, 0.25) is 5.91 Å². The van der Waals surface area contributed by atoms with Crippen molar-refractivity contribution >= 4 is 5.91 Å². The lowest BCUT2D eigenvalue weighted by molar-refractivity contribution is -0.123. The molecule has 1 unspecified atom stereocenters. The minimum Gasteiger partial charge on any atom is -0.394 e. The Balaban J connectivity index is 2.62. The van der Waals surface area contributed by atoms with Crippen molar-refractivity contribution in [3.8, 4) is 0 Å². The fraction of sp³-hybridized carbons (Fsp3) is 0.588. The van der Waals surface area contributed by atoms with Gasteiger partial charge in [-0.05, 0) is 17.9 Å². The lowest BCUT2D eigenvalue weighted by atomic mass is 9.92. The second-order valence-electron chi connectivity index (χ2n) is 6.54. The summed E-state index contributed by atoms with van der Waals surface area (Å²) >= 11 is 0. The highest BCUT2D eigenvalue weighted by Gasteiger charge is 2.18. The van der Waals surface area contributed by atoms with Crippen LogP contribution in [0.15, 0.2) is 24.3 Å². The Kier molecular flexibility index (Phi) is 6.85. The van der Waals surface area contributed by atoms with E-state index in [-0.39, 0.29) is 30.6 Å². The first kappa shape index (κ1) is 17.7. The van der Waals surface area contributed by atoms with Gasteiger partial charge in [0.1, 0.15) is 0 Å². The van der Waals surface area contributed by atoms with Crippen molar-refractivity contribution in [3.05, 3.63) is 35.4 Å². The fourth-order valence-electron chi connectivity index (χ4n) is 2.00. The van der Waals surface area contributed by atoms with Crippen LogP contribution in [0.25, 0.3) is 0 Å². The van der Waals surface area contributed by atoms with E-state index < -0.39 is 0 Å². The summed E-state index contributed by atoms with van der Waals surface area (Å²) in [5.74, 6) is 0.0206. The van der Waals surface area contributed by atoms with E-state index in [4.69, 9.17) is 9.84 Å². The molecule has 0 saturated heterocycles. The molecular weight excluding hydrogens is 266 g/mol. The molecule has 1 atom stereocenters. The van der Waals surface area contributed by atoms with Crippen molar-refractivity contribution in [1.29, 1.82) is 0 Å². The van der Waals surface area contributed by atoms with E-state index in [2.05, 4.69) is 5.32 Å². The first-order valence-electron chi connectivity index (χ1n) is 7.37. The molecule has 0 radical (unpaired) electrons. The number of aliphatic hydroxyl groups is 1. The van der Waals surface area contributed by atoms with Crippen LogP contribution in [0.5, 0.6) is 0 Å². The number of nitrogens with one attached hydrogen (secondary N) is 1. The highest BCUT2D eigenvalue weighted by atomic mass is 16.5. The van der Waals surface area contributed by atoms with Crippen LogP contribution in [-0.2, 0) is 9.53 Å². The monoisotopic (exact) mass is 293 g/mol. The Morgan fingerprint density at radius 3 is 2.43 bits per heavy atom. The van der Waals surface area contributed by atoms with Crippen LogP contribution in [0.4, 0.5) is 0 Å². The summed E-state index contributed by atoms with van der Waals surface area (Å²) in [4.78, 5) is 11.9. The van der Waals surface area contributed by atoms with Crippen molar-refractivity contribution in [1.82, 2.24) is 5.32 Å². The molecule has 0 aromatic heterocycles. The maximum absolute atomic E-state index is 11.9. The number of hydrogen-bond donors (Lipinski definition) is 2. The molecular formula is C17H27NO3. The molecule has 0 aliphatic rings. The van der Waals surface area contributed by atoms with E-state index >= 15 is 0 Å². The molecule has 4 heteroatoms. The quantitative estimate of drug-likeness (QED) is 0.812. The van der Waals surface area contributed by atoms with Gasteiger partial charge in [0.15, 0.2) is 0 Å². The van der Waals surface area contributed by atoms with Gasteiger partial charge in [-0.3, -0.25) is 4.79 Å². The lowest BCUT2D eigenvalue weighted by Gasteiger charge is -2.21. The molecule has 0 spiro atoms. The molecule has 118 valence electrons. The maximum atomic E-state index is 11.9. The smallest absolute Gasteiger partial charge is 0.220 e. The summed E-state index contributed by atoms with van der Waals surface area (Å²) in [6.45, 7) is 8.77. The van der Waals surface area contributed by atoms with E-state index in [0.717, 1.165) is 5.56 Å². The largest absolute Gasteiger partial charge is 0.394 e. The minimum absolute atomic E-state index is 0.0206. The van der Waals surface area contributed by atoms with Gasteiger partial charge in [-0.25, -0.2) is 0 Å². The fourth-order valence-corrected chi connectivity index (χ4v) is 2.00. The topological polar surface area (TPSA) is 58.6 Å². The number of aliphatic hydroxyl groups excluding tert-OH is 1. The second kappa shape index (κ2) is 8.15. The number of amides is 1. The number of hydrogen-bond acceptors (Lipinski definition) is 3. The molecule has 1 aromatic rings. The first-order chi connectivity index (χ1) is 9.81. The highest BCUT2D eigenvalue weighted by Crippen LogP contribution is 2.20. The second-order valence-corrected chi connectivity index (χ2v) is 6.54. The van der Waals surface area contributed by atoms with Gasteiger partial charge in [-0.1, -0.05) is 50.6 Å². The first-order valence-corrected chi connectivity index (χ1v) is 7.37. The Hall–Kier alpha value is -1.39. The predicted molar refractivity (Wildman–Crippen MR) is 84.0 cm³/mol.